The Labute approximate surface area is 186 Å². The molecule has 176 valence electrons. The lowest BCUT2D eigenvalue weighted by molar-refractivity contribution is -0.136. The fourth-order valence-electron chi connectivity index (χ4n) is 4.94. The highest BCUT2D eigenvalue weighted by atomic mass is 16.5. The van der Waals surface area contributed by atoms with E-state index in [-0.39, 0.29) is 30.6 Å². The zero-order chi connectivity index (χ0) is 22.2. The van der Waals surface area contributed by atoms with Crippen molar-refractivity contribution in [2.24, 2.45) is 11.8 Å². The van der Waals surface area contributed by atoms with Crippen LogP contribution < -0.4 is 0 Å². The molecule has 1 aromatic rings. The largest absolute Gasteiger partial charge is 0.394 e. The van der Waals surface area contributed by atoms with Gasteiger partial charge in [0.15, 0.2) is 0 Å². The Morgan fingerprint density at radius 2 is 2.03 bits per heavy atom. The van der Waals surface area contributed by atoms with Gasteiger partial charge in [0.25, 0.3) is 0 Å². The number of aliphatic hydroxyl groups excluding tert-OH is 1. The van der Waals surface area contributed by atoms with Gasteiger partial charge in [0.2, 0.25) is 5.91 Å². The number of aliphatic hydroxyl groups is 1. The van der Waals surface area contributed by atoms with E-state index in [2.05, 4.69) is 29.2 Å². The van der Waals surface area contributed by atoms with Crippen molar-refractivity contribution in [2.45, 2.75) is 84.1 Å². The van der Waals surface area contributed by atoms with Crippen molar-refractivity contribution in [1.29, 1.82) is 0 Å². The summed E-state index contributed by atoms with van der Waals surface area (Å²) in [5.74, 6) is 1.01. The molecule has 31 heavy (non-hydrogen) atoms. The summed E-state index contributed by atoms with van der Waals surface area (Å²) in [5.41, 5.74) is 0.959. The van der Waals surface area contributed by atoms with Gasteiger partial charge in [-0.2, -0.15) is 0 Å². The first-order chi connectivity index (χ1) is 15.0. The van der Waals surface area contributed by atoms with E-state index in [1.165, 1.54) is 32.1 Å². The molecule has 3 rings (SSSR count). The van der Waals surface area contributed by atoms with Crippen molar-refractivity contribution in [3.05, 3.63) is 11.9 Å². The Bertz CT molecular complexity index is 676. The fraction of sp³-hybridized carbons (Fsp3) is 0.870. The van der Waals surface area contributed by atoms with Gasteiger partial charge in [-0.1, -0.05) is 31.4 Å². The SMILES string of the molecule is C[C@H](CO)N1C[C@H](C)[C@H](CN(C)CC2CCCCC2)OCc2cnnn2CCCC1=O. The molecule has 0 unspecified atom stereocenters. The van der Waals surface area contributed by atoms with Crippen molar-refractivity contribution in [2.75, 3.05) is 33.3 Å². The van der Waals surface area contributed by atoms with Crippen LogP contribution in [-0.2, 0) is 22.7 Å². The molecule has 0 aromatic carbocycles. The number of nitrogens with zero attached hydrogens (tertiary/aromatic N) is 5. The lowest BCUT2D eigenvalue weighted by Gasteiger charge is -2.36. The predicted molar refractivity (Wildman–Crippen MR) is 119 cm³/mol. The zero-order valence-corrected chi connectivity index (χ0v) is 19.6. The summed E-state index contributed by atoms with van der Waals surface area (Å²) in [6.07, 6.45) is 9.62. The second-order valence-corrected chi connectivity index (χ2v) is 9.68. The lowest BCUT2D eigenvalue weighted by Crippen LogP contribution is -2.47. The summed E-state index contributed by atoms with van der Waals surface area (Å²) in [6.45, 7) is 7.69. The summed E-state index contributed by atoms with van der Waals surface area (Å²) < 4.78 is 8.28. The molecule has 2 heterocycles. The van der Waals surface area contributed by atoms with Gasteiger partial charge in [-0.05, 0) is 39.2 Å². The van der Waals surface area contributed by atoms with E-state index in [4.69, 9.17) is 4.74 Å². The number of ether oxygens (including phenoxy) is 1. The minimum absolute atomic E-state index is 0.0161. The van der Waals surface area contributed by atoms with Gasteiger partial charge in [0.1, 0.15) is 0 Å². The maximum absolute atomic E-state index is 12.9. The third-order valence-corrected chi connectivity index (χ3v) is 6.93. The van der Waals surface area contributed by atoms with E-state index >= 15 is 0 Å². The Balaban J connectivity index is 1.72. The maximum Gasteiger partial charge on any atom is 0.222 e. The van der Waals surface area contributed by atoms with Crippen molar-refractivity contribution in [3.8, 4) is 0 Å². The molecule has 1 N–H and O–H groups in total. The monoisotopic (exact) mass is 435 g/mol. The van der Waals surface area contributed by atoms with Crippen LogP contribution in [0.1, 0.15) is 64.5 Å². The molecule has 1 saturated carbocycles. The van der Waals surface area contributed by atoms with Gasteiger partial charge < -0.3 is 19.6 Å². The Hall–Kier alpha value is -1.51. The Morgan fingerprint density at radius 3 is 2.77 bits per heavy atom. The first kappa shape index (κ1) is 24.1. The Morgan fingerprint density at radius 1 is 1.26 bits per heavy atom. The molecular formula is C23H41N5O3. The molecule has 3 atom stereocenters. The number of rotatable bonds is 6. The first-order valence-electron chi connectivity index (χ1n) is 12.1. The van der Waals surface area contributed by atoms with Crippen LogP contribution in [-0.4, -0.2) is 81.2 Å². The van der Waals surface area contributed by atoms with Crippen molar-refractivity contribution < 1.29 is 14.6 Å². The van der Waals surface area contributed by atoms with Crippen molar-refractivity contribution >= 4 is 5.91 Å². The molecule has 1 aromatic heterocycles. The van der Waals surface area contributed by atoms with E-state index in [0.29, 0.717) is 32.5 Å². The molecule has 1 aliphatic carbocycles. The molecule has 1 aliphatic heterocycles. The third kappa shape index (κ3) is 6.99. The number of likely N-dealkylation sites (N-methyl/N-ethyl adjacent to an activating group) is 1. The number of amides is 1. The fourth-order valence-corrected chi connectivity index (χ4v) is 4.94. The smallest absolute Gasteiger partial charge is 0.222 e. The number of carbonyl (C=O) groups is 1. The van der Waals surface area contributed by atoms with Crippen molar-refractivity contribution in [1.82, 2.24) is 24.8 Å². The van der Waals surface area contributed by atoms with E-state index in [1.54, 1.807) is 6.20 Å². The first-order valence-corrected chi connectivity index (χ1v) is 12.1. The summed E-state index contributed by atoms with van der Waals surface area (Å²) in [5, 5.41) is 17.9. The standard InChI is InChI=1S/C23H41N5O3/c1-18-13-27(19(2)16-29)23(30)10-7-11-28-21(12-24-25-28)17-31-22(18)15-26(3)14-20-8-5-4-6-9-20/h12,18-20,22,29H,4-11,13-17H2,1-3H3/t18-,19+,22-/m0/s1. The summed E-state index contributed by atoms with van der Waals surface area (Å²) in [4.78, 5) is 17.2. The van der Waals surface area contributed by atoms with E-state index in [1.807, 2.05) is 16.5 Å². The zero-order valence-electron chi connectivity index (χ0n) is 19.6. The van der Waals surface area contributed by atoms with Gasteiger partial charge in [-0.3, -0.25) is 4.79 Å². The van der Waals surface area contributed by atoms with Crippen LogP contribution in [0.15, 0.2) is 6.20 Å². The predicted octanol–water partition coefficient (Wildman–Crippen LogP) is 2.31. The summed E-state index contributed by atoms with van der Waals surface area (Å²) >= 11 is 0. The summed E-state index contributed by atoms with van der Waals surface area (Å²) in [6, 6.07) is -0.194. The van der Waals surface area contributed by atoms with Gasteiger partial charge in [0, 0.05) is 38.5 Å². The normalized spacial score (nSPS) is 25.7. The molecular weight excluding hydrogens is 394 g/mol. The molecule has 0 spiro atoms. The number of aromatic nitrogens is 3. The molecule has 8 nitrogen and oxygen atoms in total. The second kappa shape index (κ2) is 11.9. The number of carbonyl (C=O) groups excluding carboxylic acids is 1. The molecule has 8 heteroatoms. The van der Waals surface area contributed by atoms with Crippen LogP contribution in [0.4, 0.5) is 0 Å². The van der Waals surface area contributed by atoms with Crippen LogP contribution >= 0.6 is 0 Å². The van der Waals surface area contributed by atoms with Crippen LogP contribution in [0.5, 0.6) is 0 Å². The minimum Gasteiger partial charge on any atom is -0.394 e. The highest BCUT2D eigenvalue weighted by molar-refractivity contribution is 5.76. The molecule has 1 fully saturated rings. The van der Waals surface area contributed by atoms with Crippen LogP contribution in [0.2, 0.25) is 0 Å². The minimum atomic E-state index is -0.194. The Kier molecular flexibility index (Phi) is 9.29. The van der Waals surface area contributed by atoms with Gasteiger partial charge >= 0.3 is 0 Å². The molecule has 0 bridgehead atoms. The quantitative estimate of drug-likeness (QED) is 0.738. The van der Waals surface area contributed by atoms with Crippen LogP contribution in [0.3, 0.4) is 0 Å². The average molecular weight is 436 g/mol. The van der Waals surface area contributed by atoms with Gasteiger partial charge in [0.05, 0.1) is 37.3 Å². The summed E-state index contributed by atoms with van der Waals surface area (Å²) in [7, 11) is 2.19. The molecule has 0 radical (unpaired) electrons. The third-order valence-electron chi connectivity index (χ3n) is 6.93. The number of hydrogen-bond acceptors (Lipinski definition) is 6. The van der Waals surface area contributed by atoms with Crippen LogP contribution in [0.25, 0.3) is 0 Å². The number of hydrogen-bond donors (Lipinski definition) is 1. The molecule has 2 aliphatic rings. The topological polar surface area (TPSA) is 83.7 Å². The highest BCUT2D eigenvalue weighted by Gasteiger charge is 2.28. The van der Waals surface area contributed by atoms with Gasteiger partial charge in [-0.15, -0.1) is 5.10 Å². The van der Waals surface area contributed by atoms with Gasteiger partial charge in [-0.25, -0.2) is 4.68 Å². The molecule has 1 amide bonds. The average Bonchev–Trinajstić information content (AvgIpc) is 3.21. The maximum atomic E-state index is 12.9. The highest BCUT2D eigenvalue weighted by Crippen LogP contribution is 2.25. The van der Waals surface area contributed by atoms with Crippen molar-refractivity contribution in [3.63, 3.8) is 0 Å². The van der Waals surface area contributed by atoms with E-state index in [9.17, 15) is 9.90 Å². The molecule has 0 saturated heterocycles. The second-order valence-electron chi connectivity index (χ2n) is 9.68. The van der Waals surface area contributed by atoms with E-state index in [0.717, 1.165) is 24.7 Å². The lowest BCUT2D eigenvalue weighted by atomic mass is 9.89. The van der Waals surface area contributed by atoms with E-state index < -0.39 is 0 Å². The van der Waals surface area contributed by atoms with Crippen LogP contribution in [0, 0.1) is 11.8 Å². The number of aryl methyl sites for hydroxylation is 1. The number of fused-ring (bicyclic) bond motifs is 1.